The molecule has 2 fully saturated rings. The number of hydrogen-bond acceptors (Lipinski definition) is 3. The van der Waals surface area contributed by atoms with Gasteiger partial charge in [-0.25, -0.2) is 0 Å². The highest BCUT2D eigenvalue weighted by Gasteiger charge is 2.48. The molecule has 0 spiro atoms. The standard InChI is InChI=1S/C16H19NO4/c18-15(12-8-13(12)16(19)20)17-9-10-4-1-2-7-14(10)21-11-5-3-6-11/h1-2,4,7,11-13H,3,5-6,8-9H2,(H,17,18)(H,19,20)/t12-,13+/m0/s1. The van der Waals surface area contributed by atoms with Crippen LogP contribution < -0.4 is 10.1 Å². The van der Waals surface area contributed by atoms with Crippen molar-refractivity contribution < 1.29 is 19.4 Å². The zero-order valence-corrected chi connectivity index (χ0v) is 11.7. The Morgan fingerprint density at radius 3 is 2.62 bits per heavy atom. The van der Waals surface area contributed by atoms with Gasteiger partial charge in [-0.05, 0) is 31.7 Å². The Balaban J connectivity index is 1.55. The maximum atomic E-state index is 11.9. The van der Waals surface area contributed by atoms with Gasteiger partial charge in [-0.1, -0.05) is 18.2 Å². The number of benzene rings is 1. The Kier molecular flexibility index (Phi) is 3.82. The normalized spacial score (nSPS) is 24.0. The van der Waals surface area contributed by atoms with Crippen molar-refractivity contribution in [3.63, 3.8) is 0 Å². The second kappa shape index (κ2) is 5.76. The molecule has 5 nitrogen and oxygen atoms in total. The number of nitrogens with one attached hydrogen (secondary N) is 1. The molecular formula is C16H19NO4. The molecule has 2 atom stereocenters. The minimum Gasteiger partial charge on any atom is -0.490 e. The summed E-state index contributed by atoms with van der Waals surface area (Å²) in [6.45, 7) is 0.380. The fraction of sp³-hybridized carbons (Fsp3) is 0.500. The van der Waals surface area contributed by atoms with Crippen LogP contribution in [0, 0.1) is 11.8 Å². The van der Waals surface area contributed by atoms with Crippen LogP contribution in [0.15, 0.2) is 24.3 Å². The molecule has 1 aromatic rings. The third kappa shape index (κ3) is 3.17. The second-order valence-corrected chi connectivity index (χ2v) is 5.78. The van der Waals surface area contributed by atoms with Crippen LogP contribution in [0.4, 0.5) is 0 Å². The number of amides is 1. The van der Waals surface area contributed by atoms with Crippen molar-refractivity contribution in [1.82, 2.24) is 5.32 Å². The first-order chi connectivity index (χ1) is 10.1. The number of para-hydroxylation sites is 1. The van der Waals surface area contributed by atoms with Crippen LogP contribution in [0.2, 0.25) is 0 Å². The molecular weight excluding hydrogens is 270 g/mol. The fourth-order valence-corrected chi connectivity index (χ4v) is 2.50. The minimum absolute atomic E-state index is 0.180. The van der Waals surface area contributed by atoms with Gasteiger partial charge in [0.05, 0.1) is 17.9 Å². The van der Waals surface area contributed by atoms with Crippen LogP contribution in [0.1, 0.15) is 31.2 Å². The summed E-state index contributed by atoms with van der Waals surface area (Å²) in [4.78, 5) is 22.6. The van der Waals surface area contributed by atoms with Crippen molar-refractivity contribution in [3.8, 4) is 5.75 Å². The monoisotopic (exact) mass is 289 g/mol. The number of carboxylic acids is 1. The summed E-state index contributed by atoms with van der Waals surface area (Å²) in [5.74, 6) is -1.13. The van der Waals surface area contributed by atoms with E-state index in [0.29, 0.717) is 19.1 Å². The van der Waals surface area contributed by atoms with Gasteiger partial charge in [-0.2, -0.15) is 0 Å². The van der Waals surface area contributed by atoms with Gasteiger partial charge in [-0.3, -0.25) is 9.59 Å². The predicted octanol–water partition coefficient (Wildman–Crippen LogP) is 1.95. The molecule has 0 heterocycles. The highest BCUT2D eigenvalue weighted by molar-refractivity contribution is 5.89. The topological polar surface area (TPSA) is 75.6 Å². The Morgan fingerprint density at radius 1 is 1.24 bits per heavy atom. The molecule has 0 radical (unpaired) electrons. The lowest BCUT2D eigenvalue weighted by molar-refractivity contribution is -0.140. The molecule has 1 amide bonds. The van der Waals surface area contributed by atoms with Gasteiger partial charge in [0.2, 0.25) is 5.91 Å². The molecule has 0 aliphatic heterocycles. The number of rotatable bonds is 6. The average molecular weight is 289 g/mol. The average Bonchev–Trinajstić information content (AvgIpc) is 3.22. The summed E-state index contributed by atoms with van der Waals surface area (Å²) < 4.78 is 5.90. The van der Waals surface area contributed by atoms with Gasteiger partial charge in [0, 0.05) is 12.1 Å². The fourth-order valence-electron chi connectivity index (χ4n) is 2.50. The minimum atomic E-state index is -0.885. The summed E-state index contributed by atoms with van der Waals surface area (Å²) in [5.41, 5.74) is 0.935. The van der Waals surface area contributed by atoms with Crippen molar-refractivity contribution in [2.75, 3.05) is 0 Å². The van der Waals surface area contributed by atoms with Gasteiger partial charge < -0.3 is 15.2 Å². The first-order valence-electron chi connectivity index (χ1n) is 7.40. The first kappa shape index (κ1) is 13.9. The van der Waals surface area contributed by atoms with Gasteiger partial charge in [0.1, 0.15) is 5.75 Å². The third-order valence-electron chi connectivity index (χ3n) is 4.22. The molecule has 0 unspecified atom stereocenters. The lowest BCUT2D eigenvalue weighted by Gasteiger charge is -2.27. The number of aliphatic carboxylic acids is 1. The molecule has 5 heteroatoms. The quantitative estimate of drug-likeness (QED) is 0.839. The summed E-state index contributed by atoms with van der Waals surface area (Å²) in [7, 11) is 0. The van der Waals surface area contributed by atoms with Crippen LogP contribution in [0.25, 0.3) is 0 Å². The molecule has 0 saturated heterocycles. The van der Waals surface area contributed by atoms with E-state index >= 15 is 0 Å². The Morgan fingerprint density at radius 2 is 2.00 bits per heavy atom. The van der Waals surface area contributed by atoms with E-state index in [-0.39, 0.29) is 11.8 Å². The maximum absolute atomic E-state index is 11.9. The molecule has 2 N–H and O–H groups in total. The van der Waals surface area contributed by atoms with E-state index in [2.05, 4.69) is 5.32 Å². The zero-order valence-electron chi connectivity index (χ0n) is 11.7. The zero-order chi connectivity index (χ0) is 14.8. The lowest BCUT2D eigenvalue weighted by Crippen LogP contribution is -2.28. The second-order valence-electron chi connectivity index (χ2n) is 5.78. The van der Waals surface area contributed by atoms with Crippen molar-refractivity contribution in [2.45, 2.75) is 38.3 Å². The van der Waals surface area contributed by atoms with E-state index in [0.717, 1.165) is 24.2 Å². The Bertz CT molecular complexity index is 553. The van der Waals surface area contributed by atoms with E-state index < -0.39 is 11.9 Å². The molecule has 3 rings (SSSR count). The van der Waals surface area contributed by atoms with Crippen molar-refractivity contribution >= 4 is 11.9 Å². The van der Waals surface area contributed by atoms with Crippen molar-refractivity contribution in [2.24, 2.45) is 11.8 Å². The SMILES string of the molecule is O=C(NCc1ccccc1OC1CCC1)[C@H]1C[C@H]1C(=O)O. The van der Waals surface area contributed by atoms with Crippen LogP contribution >= 0.6 is 0 Å². The number of carbonyl (C=O) groups excluding carboxylic acids is 1. The van der Waals surface area contributed by atoms with E-state index in [1.165, 1.54) is 6.42 Å². The summed E-state index contributed by atoms with van der Waals surface area (Å²) >= 11 is 0. The summed E-state index contributed by atoms with van der Waals surface area (Å²) in [6.07, 6.45) is 4.12. The molecule has 21 heavy (non-hydrogen) atoms. The lowest BCUT2D eigenvalue weighted by atomic mass is 9.96. The summed E-state index contributed by atoms with van der Waals surface area (Å²) in [6, 6.07) is 7.67. The Hall–Kier alpha value is -2.04. The summed E-state index contributed by atoms with van der Waals surface area (Å²) in [5, 5.41) is 11.6. The van der Waals surface area contributed by atoms with Crippen LogP contribution in [-0.4, -0.2) is 23.1 Å². The van der Waals surface area contributed by atoms with Gasteiger partial charge in [-0.15, -0.1) is 0 Å². The van der Waals surface area contributed by atoms with Crippen LogP contribution in [0.5, 0.6) is 5.75 Å². The molecule has 0 bridgehead atoms. The van der Waals surface area contributed by atoms with Crippen LogP contribution in [0.3, 0.4) is 0 Å². The van der Waals surface area contributed by atoms with Gasteiger partial charge >= 0.3 is 5.97 Å². The maximum Gasteiger partial charge on any atom is 0.307 e. The number of hydrogen-bond donors (Lipinski definition) is 2. The van der Waals surface area contributed by atoms with Crippen LogP contribution in [-0.2, 0) is 16.1 Å². The van der Waals surface area contributed by atoms with E-state index in [4.69, 9.17) is 9.84 Å². The van der Waals surface area contributed by atoms with Gasteiger partial charge in [0.25, 0.3) is 0 Å². The molecule has 2 aliphatic rings. The Labute approximate surface area is 123 Å². The first-order valence-corrected chi connectivity index (χ1v) is 7.40. The molecule has 1 aromatic carbocycles. The predicted molar refractivity (Wildman–Crippen MR) is 75.8 cm³/mol. The van der Waals surface area contributed by atoms with E-state index in [1.54, 1.807) is 0 Å². The largest absolute Gasteiger partial charge is 0.490 e. The smallest absolute Gasteiger partial charge is 0.307 e. The van der Waals surface area contributed by atoms with Crippen molar-refractivity contribution in [1.29, 1.82) is 0 Å². The highest BCUT2D eigenvalue weighted by atomic mass is 16.5. The molecule has 2 saturated carbocycles. The third-order valence-corrected chi connectivity index (χ3v) is 4.22. The van der Waals surface area contributed by atoms with Gasteiger partial charge in [0.15, 0.2) is 0 Å². The molecule has 112 valence electrons. The van der Waals surface area contributed by atoms with E-state index in [9.17, 15) is 9.59 Å². The number of ether oxygens (including phenoxy) is 1. The van der Waals surface area contributed by atoms with E-state index in [1.807, 2.05) is 24.3 Å². The van der Waals surface area contributed by atoms with Crippen molar-refractivity contribution in [3.05, 3.63) is 29.8 Å². The number of carboxylic acid groups (broad SMARTS) is 1. The number of carbonyl (C=O) groups is 2. The molecule has 0 aromatic heterocycles. The highest BCUT2D eigenvalue weighted by Crippen LogP contribution is 2.38. The molecule has 2 aliphatic carbocycles.